The molecule has 2 fully saturated rings. The lowest BCUT2D eigenvalue weighted by Crippen LogP contribution is -2.51. The van der Waals surface area contributed by atoms with E-state index >= 15 is 0 Å². The molecular formula is C21H27N3O5S. The Morgan fingerprint density at radius 1 is 1.33 bits per heavy atom. The number of imide groups is 1. The molecule has 1 aliphatic carbocycles. The second kappa shape index (κ2) is 7.37. The number of carbonyl (C=O) groups excluding carboxylic acids is 3. The average Bonchev–Trinajstić information content (AvgIpc) is 3.33. The Kier molecular flexibility index (Phi) is 5.12. The fourth-order valence-electron chi connectivity index (χ4n) is 4.95. The van der Waals surface area contributed by atoms with Gasteiger partial charge in [0, 0.05) is 12.1 Å². The number of nitrogens with zero attached hydrogens (tertiary/aromatic N) is 2. The number of urea groups is 1. The number of rotatable bonds is 5. The number of hydrogen-bond acceptors (Lipinski definition) is 5. The quantitative estimate of drug-likeness (QED) is 0.703. The van der Waals surface area contributed by atoms with E-state index in [0.717, 1.165) is 16.0 Å². The average molecular weight is 434 g/mol. The number of aryl methyl sites for hydroxylation is 1. The molecule has 4 rings (SSSR count). The van der Waals surface area contributed by atoms with Crippen LogP contribution in [0.1, 0.15) is 44.2 Å². The molecule has 4 amide bonds. The molecule has 0 aromatic heterocycles. The molecular weight excluding hydrogens is 406 g/mol. The van der Waals surface area contributed by atoms with Gasteiger partial charge in [0.2, 0.25) is 5.91 Å². The van der Waals surface area contributed by atoms with E-state index in [2.05, 4.69) is 5.32 Å². The second-order valence-electron chi connectivity index (χ2n) is 8.50. The Labute approximate surface area is 176 Å². The van der Waals surface area contributed by atoms with Crippen molar-refractivity contribution in [2.24, 2.45) is 0 Å². The van der Waals surface area contributed by atoms with E-state index in [0.29, 0.717) is 25.7 Å². The first kappa shape index (κ1) is 20.8. The van der Waals surface area contributed by atoms with Crippen LogP contribution in [0.4, 0.5) is 4.79 Å². The van der Waals surface area contributed by atoms with Crippen LogP contribution < -0.4 is 5.32 Å². The Morgan fingerprint density at radius 3 is 2.73 bits per heavy atom. The third-order valence-electron chi connectivity index (χ3n) is 6.67. The number of benzene rings is 1. The highest BCUT2D eigenvalue weighted by atomic mass is 32.2. The molecule has 0 unspecified atom stereocenters. The summed E-state index contributed by atoms with van der Waals surface area (Å²) in [4.78, 5) is 41.8. The topological polar surface area (TPSA) is 104 Å². The van der Waals surface area contributed by atoms with Crippen molar-refractivity contribution in [3.8, 4) is 0 Å². The molecule has 2 saturated heterocycles. The molecule has 162 valence electrons. The van der Waals surface area contributed by atoms with Crippen LogP contribution in [0.5, 0.6) is 0 Å². The van der Waals surface area contributed by atoms with Gasteiger partial charge in [0.05, 0.1) is 11.5 Å². The summed E-state index contributed by atoms with van der Waals surface area (Å²) in [7, 11) is -3.17. The molecule has 0 radical (unpaired) electrons. The number of sulfone groups is 1. The summed E-state index contributed by atoms with van der Waals surface area (Å²) >= 11 is 0. The van der Waals surface area contributed by atoms with Gasteiger partial charge in [-0.2, -0.15) is 0 Å². The fourth-order valence-corrected chi connectivity index (χ4v) is 6.66. The SMILES string of the molecule is CC[C@H](C)N(C(=O)CN1C(=O)N[C@]2(CCc3ccccc32)C1=O)[C@H]1CCS(=O)(=O)C1. The third kappa shape index (κ3) is 3.29. The number of nitrogens with one attached hydrogen (secondary N) is 1. The van der Waals surface area contributed by atoms with Gasteiger partial charge in [-0.1, -0.05) is 31.2 Å². The molecule has 30 heavy (non-hydrogen) atoms. The smallest absolute Gasteiger partial charge is 0.325 e. The predicted molar refractivity (Wildman–Crippen MR) is 110 cm³/mol. The zero-order valence-electron chi connectivity index (χ0n) is 17.3. The maximum Gasteiger partial charge on any atom is 0.325 e. The van der Waals surface area contributed by atoms with E-state index in [9.17, 15) is 22.8 Å². The van der Waals surface area contributed by atoms with Gasteiger partial charge in [-0.3, -0.25) is 14.5 Å². The number of amides is 4. The van der Waals surface area contributed by atoms with Gasteiger partial charge in [-0.25, -0.2) is 13.2 Å². The summed E-state index contributed by atoms with van der Waals surface area (Å²) in [5.74, 6) is -0.811. The summed E-state index contributed by atoms with van der Waals surface area (Å²) in [5, 5.41) is 2.83. The first-order valence-electron chi connectivity index (χ1n) is 10.4. The molecule has 3 atom stereocenters. The van der Waals surface area contributed by atoms with Crippen LogP contribution in [0.25, 0.3) is 0 Å². The Balaban J connectivity index is 1.57. The molecule has 3 aliphatic rings. The van der Waals surface area contributed by atoms with Crippen LogP contribution >= 0.6 is 0 Å². The van der Waals surface area contributed by atoms with Crippen molar-refractivity contribution in [2.45, 2.75) is 57.2 Å². The lowest BCUT2D eigenvalue weighted by atomic mass is 9.92. The van der Waals surface area contributed by atoms with Gasteiger partial charge in [0.1, 0.15) is 12.1 Å². The van der Waals surface area contributed by atoms with Crippen LogP contribution in [-0.4, -0.2) is 66.2 Å². The van der Waals surface area contributed by atoms with E-state index in [-0.39, 0.29) is 24.1 Å². The maximum atomic E-state index is 13.3. The summed E-state index contributed by atoms with van der Waals surface area (Å²) in [6, 6.07) is 6.36. The van der Waals surface area contributed by atoms with Crippen LogP contribution in [0, 0.1) is 0 Å². The van der Waals surface area contributed by atoms with Crippen molar-refractivity contribution >= 4 is 27.7 Å². The van der Waals surface area contributed by atoms with Gasteiger partial charge < -0.3 is 10.2 Å². The molecule has 2 heterocycles. The predicted octanol–water partition coefficient (Wildman–Crippen LogP) is 1.19. The molecule has 9 heteroatoms. The van der Waals surface area contributed by atoms with Crippen molar-refractivity contribution in [2.75, 3.05) is 18.1 Å². The zero-order chi connectivity index (χ0) is 21.7. The van der Waals surface area contributed by atoms with Crippen LogP contribution in [0.2, 0.25) is 0 Å². The summed E-state index contributed by atoms with van der Waals surface area (Å²) in [5.41, 5.74) is 0.710. The first-order valence-corrected chi connectivity index (χ1v) is 12.2. The zero-order valence-corrected chi connectivity index (χ0v) is 18.1. The normalized spacial score (nSPS) is 27.9. The molecule has 1 spiro atoms. The minimum atomic E-state index is -3.17. The highest BCUT2D eigenvalue weighted by Gasteiger charge is 2.55. The van der Waals surface area contributed by atoms with E-state index in [1.54, 1.807) is 4.90 Å². The Morgan fingerprint density at radius 2 is 2.07 bits per heavy atom. The maximum absolute atomic E-state index is 13.3. The minimum absolute atomic E-state index is 0.0565. The van der Waals surface area contributed by atoms with E-state index < -0.39 is 39.3 Å². The third-order valence-corrected chi connectivity index (χ3v) is 8.42. The number of carbonyl (C=O) groups is 3. The monoisotopic (exact) mass is 433 g/mol. The van der Waals surface area contributed by atoms with Crippen molar-refractivity contribution in [1.82, 2.24) is 15.1 Å². The molecule has 0 bridgehead atoms. The van der Waals surface area contributed by atoms with Crippen molar-refractivity contribution < 1.29 is 22.8 Å². The lowest BCUT2D eigenvalue weighted by molar-refractivity contribution is -0.141. The molecule has 1 aromatic carbocycles. The van der Waals surface area contributed by atoms with Gasteiger partial charge >= 0.3 is 6.03 Å². The van der Waals surface area contributed by atoms with Crippen molar-refractivity contribution in [3.05, 3.63) is 35.4 Å². The molecule has 2 aliphatic heterocycles. The number of fused-ring (bicyclic) bond motifs is 2. The molecule has 0 saturated carbocycles. The standard InChI is InChI=1S/C21H27N3O5S/c1-3-14(2)24(16-9-11-30(28,29)13-16)18(25)12-23-19(26)21(22-20(23)27)10-8-15-6-4-5-7-17(15)21/h4-7,14,16H,3,8-13H2,1-2H3,(H,22,27)/t14-,16-,21-/m0/s1. The van der Waals surface area contributed by atoms with E-state index in [1.165, 1.54) is 0 Å². The molecule has 8 nitrogen and oxygen atoms in total. The molecule has 1 aromatic rings. The summed E-state index contributed by atoms with van der Waals surface area (Å²) < 4.78 is 23.9. The van der Waals surface area contributed by atoms with Gasteiger partial charge in [0.15, 0.2) is 9.84 Å². The van der Waals surface area contributed by atoms with Gasteiger partial charge in [-0.05, 0) is 43.7 Å². The number of hydrogen-bond donors (Lipinski definition) is 1. The van der Waals surface area contributed by atoms with Gasteiger partial charge in [0.25, 0.3) is 5.91 Å². The summed E-state index contributed by atoms with van der Waals surface area (Å²) in [6.07, 6.45) is 2.19. The summed E-state index contributed by atoms with van der Waals surface area (Å²) in [6.45, 7) is 3.41. The minimum Gasteiger partial charge on any atom is -0.334 e. The largest absolute Gasteiger partial charge is 0.334 e. The highest BCUT2D eigenvalue weighted by Crippen LogP contribution is 2.41. The van der Waals surface area contributed by atoms with Gasteiger partial charge in [-0.15, -0.1) is 0 Å². The fraction of sp³-hybridized carbons (Fsp3) is 0.571. The second-order valence-corrected chi connectivity index (χ2v) is 10.7. The van der Waals surface area contributed by atoms with E-state index in [1.807, 2.05) is 38.1 Å². The van der Waals surface area contributed by atoms with Crippen LogP contribution in [0.15, 0.2) is 24.3 Å². The molecule has 1 N–H and O–H groups in total. The highest BCUT2D eigenvalue weighted by molar-refractivity contribution is 7.91. The Hall–Kier alpha value is -2.42. The first-order chi connectivity index (χ1) is 14.2. The van der Waals surface area contributed by atoms with Crippen molar-refractivity contribution in [1.29, 1.82) is 0 Å². The van der Waals surface area contributed by atoms with Crippen LogP contribution in [0.3, 0.4) is 0 Å². The lowest BCUT2D eigenvalue weighted by Gasteiger charge is -2.34. The van der Waals surface area contributed by atoms with Crippen molar-refractivity contribution in [3.63, 3.8) is 0 Å². The van der Waals surface area contributed by atoms with E-state index in [4.69, 9.17) is 0 Å². The van der Waals surface area contributed by atoms with Crippen LogP contribution in [-0.2, 0) is 31.4 Å². The Bertz CT molecular complexity index is 1010.